The van der Waals surface area contributed by atoms with E-state index in [9.17, 15) is 0 Å². The van der Waals surface area contributed by atoms with Crippen LogP contribution in [0, 0.1) is 25.1 Å². The van der Waals surface area contributed by atoms with Crippen LogP contribution in [-0.4, -0.2) is 17.6 Å². The van der Waals surface area contributed by atoms with Crippen LogP contribution in [0.1, 0.15) is 87.0 Å². The van der Waals surface area contributed by atoms with E-state index in [0.29, 0.717) is 11.8 Å². The van der Waals surface area contributed by atoms with Crippen LogP contribution >= 0.6 is 11.3 Å². The quantitative estimate of drug-likeness (QED) is 0.0884. The van der Waals surface area contributed by atoms with Gasteiger partial charge in [0.05, 0.1) is 16.9 Å². The molecule has 0 unspecified atom stereocenters. The Bertz CT molecular complexity index is 3420. The first-order chi connectivity index (χ1) is 31.3. The van der Waals surface area contributed by atoms with Crippen LogP contribution in [0.4, 0.5) is 0 Å². The summed E-state index contributed by atoms with van der Waals surface area (Å²) in [5.74, 6) is 1.01. The van der Waals surface area contributed by atoms with E-state index in [1.165, 1.54) is 69.8 Å². The van der Waals surface area contributed by atoms with Crippen molar-refractivity contribution < 1.29 is 25.6 Å². The van der Waals surface area contributed by atoms with Crippen molar-refractivity contribution in [1.82, 2.24) is 9.55 Å². The molecule has 0 spiro atoms. The number of imidazole rings is 1. The number of thiophene rings is 1. The molecule has 0 saturated carbocycles. The molecule has 0 amide bonds. The normalized spacial score (nSPS) is 13.3. The summed E-state index contributed by atoms with van der Waals surface area (Å²) in [7, 11) is -1.58. The zero-order valence-corrected chi connectivity index (χ0v) is 41.7. The topological polar surface area (TPSA) is 17.8 Å². The van der Waals surface area contributed by atoms with Gasteiger partial charge in [-0.15, -0.1) is 34.5 Å². The van der Waals surface area contributed by atoms with Crippen molar-refractivity contribution in [2.75, 3.05) is 0 Å². The van der Waals surface area contributed by atoms with E-state index < -0.39 is 20.8 Å². The van der Waals surface area contributed by atoms with E-state index >= 15 is 0 Å². The van der Waals surface area contributed by atoms with Crippen molar-refractivity contribution in [2.45, 2.75) is 85.8 Å². The Kier molecular flexibility index (Phi) is 11.1. The molecule has 0 aliphatic rings. The molecule has 0 aliphatic carbocycles. The molecule has 0 N–H and O–H groups in total. The van der Waals surface area contributed by atoms with E-state index in [2.05, 4.69) is 173 Å². The van der Waals surface area contributed by atoms with Crippen molar-refractivity contribution in [3.8, 4) is 28.2 Å². The fourth-order valence-corrected chi connectivity index (χ4v) is 11.9. The summed E-state index contributed by atoms with van der Waals surface area (Å²) < 4.78 is 35.8. The zero-order valence-electron chi connectivity index (χ0n) is 41.5. The summed E-state index contributed by atoms with van der Waals surface area (Å²) in [6, 6.07) is 56.4. The fourth-order valence-electron chi connectivity index (χ4n) is 8.92. The van der Waals surface area contributed by atoms with Crippen LogP contribution < -0.4 is 5.19 Å². The molecule has 10 rings (SSSR count). The third kappa shape index (κ3) is 8.26. The van der Waals surface area contributed by atoms with Gasteiger partial charge in [0.2, 0.25) is 0 Å². The molecule has 10 aromatic rings. The van der Waals surface area contributed by atoms with Crippen molar-refractivity contribution in [1.29, 1.82) is 0 Å². The number of aromatic nitrogens is 2. The molecule has 0 atom stereocenters. The van der Waals surface area contributed by atoms with E-state index in [1.807, 2.05) is 37.3 Å². The number of nitrogens with zero attached hydrogens (tertiary/aromatic N) is 2. The monoisotopic (exact) mass is 1040 g/mol. The Morgan fingerprint density at radius 3 is 2.00 bits per heavy atom. The Morgan fingerprint density at radius 2 is 1.30 bits per heavy atom. The van der Waals surface area contributed by atoms with E-state index in [1.54, 1.807) is 12.1 Å². The molecule has 2 heterocycles. The largest absolute Gasteiger partial charge is 3.00 e. The van der Waals surface area contributed by atoms with Crippen molar-refractivity contribution in [2.24, 2.45) is 0 Å². The van der Waals surface area contributed by atoms with Gasteiger partial charge >= 0.3 is 20.1 Å². The number of fused-ring (bicyclic) bond motifs is 8. The second-order valence-corrected chi connectivity index (χ2v) is 24.3. The summed E-state index contributed by atoms with van der Waals surface area (Å²) >= 11 is 1.87. The third-order valence-corrected chi connectivity index (χ3v) is 15.4. The van der Waals surface area contributed by atoms with Crippen LogP contribution in [-0.2, 0) is 20.1 Å². The van der Waals surface area contributed by atoms with Gasteiger partial charge in [0, 0.05) is 23.9 Å². The zero-order chi connectivity index (χ0) is 46.9. The Morgan fingerprint density at radius 1 is 0.635 bits per heavy atom. The number of hydrogen-bond acceptors (Lipinski definition) is 2. The van der Waals surface area contributed by atoms with Gasteiger partial charge in [-0.3, -0.25) is 4.98 Å². The number of para-hydroxylation sites is 3. The molecular formula is C58H55IrN2SSi. The van der Waals surface area contributed by atoms with Gasteiger partial charge in [-0.1, -0.05) is 158 Å². The number of rotatable bonds is 7. The first kappa shape index (κ1) is 39.4. The molecule has 0 aliphatic heterocycles. The van der Waals surface area contributed by atoms with Crippen LogP contribution in [0.25, 0.3) is 81.0 Å². The maximum Gasteiger partial charge on any atom is 3.00 e. The smallest absolute Gasteiger partial charge is 0.333 e. The minimum Gasteiger partial charge on any atom is -0.333 e. The van der Waals surface area contributed by atoms with E-state index in [4.69, 9.17) is 10.5 Å². The van der Waals surface area contributed by atoms with Crippen LogP contribution in [0.3, 0.4) is 0 Å². The van der Waals surface area contributed by atoms with Crippen LogP contribution in [0.5, 0.6) is 0 Å². The Hall–Kier alpha value is -5.16. The van der Waals surface area contributed by atoms with Gasteiger partial charge < -0.3 is 4.57 Å². The minimum atomic E-state index is -2.12. The molecule has 0 bridgehead atoms. The number of benzene rings is 8. The first-order valence-corrected chi connectivity index (χ1v) is 26.0. The second kappa shape index (κ2) is 17.8. The second-order valence-electron chi connectivity index (χ2n) is 18.3. The molecule has 8 aromatic carbocycles. The van der Waals surface area contributed by atoms with Gasteiger partial charge in [-0.05, 0) is 72.6 Å². The van der Waals surface area contributed by atoms with Crippen LogP contribution in [0.15, 0.2) is 133 Å². The standard InChI is InChI=1S/C39H31N2S.C19H24Si.Ir/c1-23(2)26-13-9-14-27(24(3)4)36(26)41-35-18-8-7-17-34(35)40-39(41)33-16-10-15-30-32-22-21-29-28-12-6-5-11-25(28)19-20-31(29)37(32)42-38(30)33;1-14(2)18-13-17(11-12-19(18)20(4,5)6)16-9-7-15(3)8-10-16;/h5-15,17-24H,1-4H3;7-9,12-14H,1-6H3;/q-1;-2;+3/i;3D3,14D;. The maximum absolute atomic E-state index is 8.49. The molecule has 316 valence electrons. The molecule has 5 heteroatoms. The molecule has 0 fully saturated rings. The summed E-state index contributed by atoms with van der Waals surface area (Å²) in [6.07, 6.45) is 0. The summed E-state index contributed by atoms with van der Waals surface area (Å²) in [4.78, 5) is 5.32. The Balaban J connectivity index is 0.000000209. The average molecular weight is 1040 g/mol. The fraction of sp³-hybridized carbons (Fsp3) is 0.224. The van der Waals surface area contributed by atoms with Crippen molar-refractivity contribution in [3.05, 3.63) is 174 Å². The third-order valence-electron chi connectivity index (χ3n) is 12.1. The summed E-state index contributed by atoms with van der Waals surface area (Å²) in [5.41, 5.74) is 10.1. The molecule has 2 aromatic heterocycles. The summed E-state index contributed by atoms with van der Waals surface area (Å²) in [6.45, 7) is 17.6. The molecule has 63 heavy (non-hydrogen) atoms. The molecule has 0 saturated heterocycles. The number of aryl methyl sites for hydroxylation is 1. The van der Waals surface area contributed by atoms with Gasteiger partial charge in [0.25, 0.3) is 0 Å². The average Bonchev–Trinajstić information content (AvgIpc) is 3.87. The van der Waals surface area contributed by atoms with Gasteiger partial charge in [0.1, 0.15) is 0 Å². The van der Waals surface area contributed by atoms with Crippen LogP contribution in [0.2, 0.25) is 19.6 Å². The van der Waals surface area contributed by atoms with Gasteiger partial charge in [0.15, 0.2) is 0 Å². The predicted octanol–water partition coefficient (Wildman–Crippen LogP) is 16.3. The molecule has 0 radical (unpaired) electrons. The predicted molar refractivity (Wildman–Crippen MR) is 273 cm³/mol. The van der Waals surface area contributed by atoms with E-state index in [-0.39, 0.29) is 25.7 Å². The van der Waals surface area contributed by atoms with Gasteiger partial charge in [-0.2, -0.15) is 53.8 Å². The molecule has 2 nitrogen and oxygen atoms in total. The summed E-state index contributed by atoms with van der Waals surface area (Å²) in [5, 5.41) is 8.98. The maximum atomic E-state index is 8.49. The van der Waals surface area contributed by atoms with Gasteiger partial charge in [-0.25, -0.2) is 11.1 Å². The van der Waals surface area contributed by atoms with E-state index in [0.717, 1.165) is 39.1 Å². The Labute approximate surface area is 398 Å². The SMILES string of the molecule is CC(C)c1cccc(C(C)C)c1-n1c(-c2[c-]ccc3c2sc2c3ccc3c4ccccc4ccc32)nc2ccccc21.[2H]C([2H])([2H])c1c[c-]c(-c2[c-]cc([Si](C)(C)C)c(C([2H])(C)C)c2)cc1.[Ir+3]. The number of hydrogen-bond donors (Lipinski definition) is 0. The molecular weight excluding hydrogens is 977 g/mol. The van der Waals surface area contributed by atoms with Crippen molar-refractivity contribution >= 4 is 77.3 Å². The van der Waals surface area contributed by atoms with Crippen molar-refractivity contribution in [3.63, 3.8) is 0 Å². The first-order valence-electron chi connectivity index (χ1n) is 23.7. The minimum absolute atomic E-state index is 0.